The number of carboxylic acids is 5. The van der Waals surface area contributed by atoms with E-state index in [1.807, 2.05) is 184 Å². The van der Waals surface area contributed by atoms with Crippen molar-refractivity contribution < 1.29 is 78.1 Å². The summed E-state index contributed by atoms with van der Waals surface area (Å²) in [6, 6.07) is 63.3. The van der Waals surface area contributed by atoms with Gasteiger partial charge in [-0.15, -0.1) is 0 Å². The molecule has 1 heterocycles. The van der Waals surface area contributed by atoms with Gasteiger partial charge in [-0.25, -0.2) is 24.0 Å². The Labute approximate surface area is 678 Å². The Kier molecular flexibility index (Phi) is 60.3. The fraction of sp³-hybridized carbons (Fsp3) is 0.474. The van der Waals surface area contributed by atoms with E-state index in [2.05, 4.69) is 147 Å². The molecule has 1 unspecified atom stereocenters. The number of Topliss-reactive ketones (excluding diaryl/α,β-unsaturated/α-hetero) is 1. The molecule has 7 aromatic carbocycles. The number of benzene rings is 7. The van der Waals surface area contributed by atoms with Crippen LogP contribution in [0.5, 0.6) is 0 Å². The number of carbonyl (C=O) groups excluding carboxylic acids is 3. The van der Waals surface area contributed by atoms with Crippen molar-refractivity contribution in [2.45, 2.75) is 252 Å². The van der Waals surface area contributed by atoms with E-state index in [0.29, 0.717) is 66.6 Å². The Bertz CT molecular complexity index is 3500. The zero-order chi connectivity index (χ0) is 86.7. The summed E-state index contributed by atoms with van der Waals surface area (Å²) in [7, 11) is 1.70. The lowest BCUT2D eigenvalue weighted by Gasteiger charge is -2.21. The molecule has 1 aliphatic heterocycles. The van der Waals surface area contributed by atoms with Crippen molar-refractivity contribution in [1.82, 2.24) is 10.2 Å². The van der Waals surface area contributed by atoms with Crippen LogP contribution in [0, 0.1) is 29.6 Å². The highest BCUT2D eigenvalue weighted by atomic mass is 16.6. The number of nitrogens with zero attached hydrogens (tertiary/aromatic N) is 1. The van der Waals surface area contributed by atoms with E-state index in [0.717, 1.165) is 23.1 Å². The summed E-state index contributed by atoms with van der Waals surface area (Å²) >= 11 is 0. The SMILES string of the molecule is CC.CC.CC(C)C(=O)CCC(=O)O.CC(C)C[C@H](NC(=O)OCc1ccccc1)C(=O)O.CC(C)Cc1ccc(C(=O)O)cc1.CC(C)[C@@H]1C[C@@H](C(=O)O)N(C(=O)OCc2ccccc2)C1.CC(C)c1ccc(C(C)C(=O)O)cc1.CC(C)c1ccccc1.CC(C)c1ccccc1.CC(C)c1ccccc1.COC(C)C. The standard InChI is InChI=1S/C16H21NO4.C14H19NO4.C12H16O2.C11H14O2.3C9H12.C7H12O3.C4H10O.2C2H6/c1-11(2)13-8-14(15(18)19)17(9-13)16(20)21-10-12-6-4-3-5-7-12;1-10(2)8-12(13(16)17)15-14(18)19-9-11-6-4-3-5-7-11;1-8(2)10-4-6-11(7-5-10)9(3)12(13)14;1-8(2)7-9-3-5-10(6-4-9)11(12)13;3*1-8(2)9-6-4-3-5-7-9;1-5(2)6(8)3-4-7(9)10;1-4(2)5-3;2*1-2/h3-7,11,13-14H,8-10H2,1-2H3,(H,18,19);3-7,10,12H,8-9H2,1-2H3,(H,15,18)(H,16,17);4-9H,1-3H3,(H,13,14);3-6,8H,7H2,1-2H3,(H,12,13);3*3-8H,1-2H3;5H,3-4H2,1-2H3,(H,9,10);4H,1-3H3;2*1-2H3/t13-,14+;12-;;;;;;;;;/m10........./s1. The first-order chi connectivity index (χ1) is 53.3. The van der Waals surface area contributed by atoms with Gasteiger partial charge in [0.05, 0.1) is 24.0 Å². The Morgan fingerprint density at radius 1 is 0.434 bits per heavy atom. The maximum atomic E-state index is 12.1. The predicted molar refractivity (Wildman–Crippen MR) is 460 cm³/mol. The molecule has 1 fully saturated rings. The molecule has 6 N–H and O–H groups in total. The molecule has 4 atom stereocenters. The number of ketones is 1. The van der Waals surface area contributed by atoms with Crippen molar-refractivity contribution in [3.63, 3.8) is 0 Å². The van der Waals surface area contributed by atoms with E-state index >= 15 is 0 Å². The van der Waals surface area contributed by atoms with Crippen LogP contribution in [-0.4, -0.2) is 110 Å². The summed E-state index contributed by atoms with van der Waals surface area (Å²) in [5.41, 5.74) is 9.64. The van der Waals surface area contributed by atoms with Crippen LogP contribution in [0.15, 0.2) is 200 Å². The lowest BCUT2D eigenvalue weighted by atomic mass is 9.93. The van der Waals surface area contributed by atoms with Crippen LogP contribution < -0.4 is 5.32 Å². The normalized spacial score (nSPS) is 12.6. The highest BCUT2D eigenvalue weighted by Gasteiger charge is 2.41. The minimum Gasteiger partial charge on any atom is -0.481 e. The van der Waals surface area contributed by atoms with Gasteiger partial charge in [-0.1, -0.05) is 327 Å². The second-order valence-electron chi connectivity index (χ2n) is 29.5. The van der Waals surface area contributed by atoms with Crippen LogP contribution in [0.2, 0.25) is 0 Å². The molecule has 626 valence electrons. The number of rotatable bonds is 24. The fourth-order valence-corrected chi connectivity index (χ4v) is 9.79. The number of hydrogen-bond acceptors (Lipinski definition) is 11. The lowest BCUT2D eigenvalue weighted by Crippen LogP contribution is -2.41. The predicted octanol–water partition coefficient (Wildman–Crippen LogP) is 23.3. The average molecular weight is 1570 g/mol. The van der Waals surface area contributed by atoms with Crippen LogP contribution in [0.4, 0.5) is 9.59 Å². The second-order valence-corrected chi connectivity index (χ2v) is 29.5. The van der Waals surface area contributed by atoms with Gasteiger partial charge >= 0.3 is 42.0 Å². The number of carboxylic acid groups (broad SMARTS) is 5. The fourth-order valence-electron chi connectivity index (χ4n) is 9.79. The molecule has 0 spiro atoms. The number of hydrogen-bond donors (Lipinski definition) is 6. The lowest BCUT2D eigenvalue weighted by molar-refractivity contribution is -0.142. The number of amides is 2. The van der Waals surface area contributed by atoms with Crippen molar-refractivity contribution in [2.75, 3.05) is 13.7 Å². The van der Waals surface area contributed by atoms with Crippen LogP contribution in [-0.2, 0) is 57.8 Å². The number of nitrogens with one attached hydrogen (secondary N) is 1. The minimum atomic E-state index is -1.05. The van der Waals surface area contributed by atoms with Gasteiger partial charge in [-0.05, 0) is 144 Å². The Balaban J connectivity index is -0.00000123. The number of carbonyl (C=O) groups is 8. The van der Waals surface area contributed by atoms with Gasteiger partial charge < -0.3 is 45.1 Å². The molecule has 0 bridgehead atoms. The van der Waals surface area contributed by atoms with E-state index in [4.69, 9.17) is 34.6 Å². The molecule has 0 radical (unpaired) electrons. The maximum Gasteiger partial charge on any atom is 0.410 e. The van der Waals surface area contributed by atoms with Gasteiger partial charge in [0.2, 0.25) is 0 Å². The Morgan fingerprint density at radius 2 is 0.796 bits per heavy atom. The number of ether oxygens (including phenoxy) is 3. The molecule has 0 aliphatic carbocycles. The first-order valence-corrected chi connectivity index (χ1v) is 39.8. The highest BCUT2D eigenvalue weighted by Crippen LogP contribution is 2.30. The minimum absolute atomic E-state index is 0.0161. The van der Waals surface area contributed by atoms with E-state index in [9.17, 15) is 43.5 Å². The summed E-state index contributed by atoms with van der Waals surface area (Å²) in [4.78, 5) is 89.3. The molecular weight excluding hydrogens is 1430 g/mol. The van der Waals surface area contributed by atoms with Crippen LogP contribution in [0.1, 0.15) is 269 Å². The third-order valence-electron chi connectivity index (χ3n) is 16.9. The van der Waals surface area contributed by atoms with Crippen molar-refractivity contribution >= 4 is 47.8 Å². The Hall–Kier alpha value is -9.94. The van der Waals surface area contributed by atoms with E-state index in [1.54, 1.807) is 40.0 Å². The van der Waals surface area contributed by atoms with Crippen LogP contribution >= 0.6 is 0 Å². The monoisotopic (exact) mass is 1570 g/mol. The summed E-state index contributed by atoms with van der Waals surface area (Å²) < 4.78 is 15.0. The molecule has 0 aromatic heterocycles. The Morgan fingerprint density at radius 3 is 1.09 bits per heavy atom. The van der Waals surface area contributed by atoms with E-state index < -0.39 is 60.0 Å². The number of likely N-dealkylation sites (tertiary alicyclic amines) is 1. The van der Waals surface area contributed by atoms with Gasteiger partial charge in [0, 0.05) is 26.0 Å². The zero-order valence-corrected chi connectivity index (χ0v) is 72.4. The molecule has 18 nitrogen and oxygen atoms in total. The molecular formula is C95H140N2O16. The molecule has 113 heavy (non-hydrogen) atoms. The number of aromatic carboxylic acids is 1. The van der Waals surface area contributed by atoms with Gasteiger partial charge in [0.1, 0.15) is 31.1 Å². The zero-order valence-electron chi connectivity index (χ0n) is 72.4. The molecule has 7 aromatic rings. The van der Waals surface area contributed by atoms with Crippen molar-refractivity contribution in [3.05, 3.63) is 250 Å². The van der Waals surface area contributed by atoms with Crippen molar-refractivity contribution in [3.8, 4) is 0 Å². The molecule has 1 saturated heterocycles. The van der Waals surface area contributed by atoms with Crippen LogP contribution in [0.3, 0.4) is 0 Å². The molecule has 1 aliphatic rings. The quantitative estimate of drug-likeness (QED) is 0.0328. The van der Waals surface area contributed by atoms with Gasteiger partial charge in [-0.3, -0.25) is 19.3 Å². The first-order valence-electron chi connectivity index (χ1n) is 39.8. The summed E-state index contributed by atoms with van der Waals surface area (Å²) in [6.45, 7) is 47.6. The van der Waals surface area contributed by atoms with Gasteiger partial charge in [0.25, 0.3) is 0 Å². The second kappa shape index (κ2) is 63.6. The van der Waals surface area contributed by atoms with Crippen molar-refractivity contribution in [2.24, 2.45) is 29.6 Å². The molecule has 2 amide bonds. The number of aliphatic carboxylic acids is 4. The molecule has 8 rings (SSSR count). The number of alkyl carbamates (subject to hydrolysis) is 1. The van der Waals surface area contributed by atoms with Gasteiger partial charge in [-0.2, -0.15) is 0 Å². The topological polar surface area (TPSA) is 281 Å². The summed E-state index contributed by atoms with van der Waals surface area (Å²) in [5.74, 6) is -1.21. The molecule has 0 saturated carbocycles. The third-order valence-corrected chi connectivity index (χ3v) is 16.9. The highest BCUT2D eigenvalue weighted by molar-refractivity contribution is 5.87. The maximum absolute atomic E-state index is 12.1. The largest absolute Gasteiger partial charge is 0.481 e. The smallest absolute Gasteiger partial charge is 0.410 e. The van der Waals surface area contributed by atoms with E-state index in [-0.39, 0.29) is 49.6 Å². The molecule has 18 heteroatoms. The van der Waals surface area contributed by atoms with E-state index in [1.165, 1.54) is 32.7 Å². The van der Waals surface area contributed by atoms with Gasteiger partial charge in [0.15, 0.2) is 0 Å². The van der Waals surface area contributed by atoms with Crippen molar-refractivity contribution in [1.29, 1.82) is 0 Å². The third kappa shape index (κ3) is 52.8. The summed E-state index contributed by atoms with van der Waals surface area (Å²) in [6.07, 6.45) is 1.11. The number of methoxy groups -OCH3 is 1. The van der Waals surface area contributed by atoms with Crippen LogP contribution in [0.25, 0.3) is 0 Å². The summed E-state index contributed by atoms with van der Waals surface area (Å²) in [5, 5.41) is 46.3. The average Bonchev–Trinajstić information content (AvgIpc) is 1.68. The first kappa shape index (κ1) is 107.